The van der Waals surface area contributed by atoms with Gasteiger partial charge in [0.05, 0.1) is 0 Å². The molecular weight excluding hydrogens is 132 g/mol. The molecule has 0 spiro atoms. The zero-order valence-electron chi connectivity index (χ0n) is 7.05. The average Bonchev–Trinajstić information content (AvgIpc) is 2.09. The molecular formula is C11H16. The van der Waals surface area contributed by atoms with Gasteiger partial charge in [0.2, 0.25) is 0 Å². The molecule has 0 aromatic rings. The van der Waals surface area contributed by atoms with Crippen molar-refractivity contribution in [2.75, 3.05) is 0 Å². The minimum atomic E-state index is 1.11. The number of allylic oxidation sites excluding steroid dienone is 2. The molecule has 2 saturated carbocycles. The van der Waals surface area contributed by atoms with Gasteiger partial charge in [0.25, 0.3) is 0 Å². The van der Waals surface area contributed by atoms with E-state index in [4.69, 9.17) is 0 Å². The number of hydrogen-bond donors (Lipinski definition) is 0. The van der Waals surface area contributed by atoms with Crippen molar-refractivity contribution in [2.24, 2.45) is 17.8 Å². The normalized spacial score (nSPS) is 47.3. The molecule has 2 bridgehead atoms. The molecule has 3 atom stereocenters. The molecule has 0 N–H and O–H groups in total. The first kappa shape index (κ1) is 6.28. The van der Waals surface area contributed by atoms with E-state index in [-0.39, 0.29) is 0 Å². The van der Waals surface area contributed by atoms with Crippen molar-refractivity contribution in [3.05, 3.63) is 11.6 Å². The van der Waals surface area contributed by atoms with Crippen molar-refractivity contribution >= 4 is 0 Å². The summed E-state index contributed by atoms with van der Waals surface area (Å²) in [7, 11) is 0. The van der Waals surface area contributed by atoms with Crippen molar-refractivity contribution in [1.82, 2.24) is 0 Å². The summed E-state index contributed by atoms with van der Waals surface area (Å²) in [6, 6.07) is 0. The smallest absolute Gasteiger partial charge is 0.0286 e. The number of hydrogen-bond acceptors (Lipinski definition) is 0. The molecule has 3 aliphatic carbocycles. The van der Waals surface area contributed by atoms with Crippen molar-refractivity contribution in [3.63, 3.8) is 0 Å². The molecule has 3 rings (SSSR count). The lowest BCUT2D eigenvalue weighted by Gasteiger charge is -2.46. The predicted octanol–water partition coefficient (Wildman–Crippen LogP) is 3.14. The maximum absolute atomic E-state index is 2.54. The Labute approximate surface area is 68.7 Å². The highest BCUT2D eigenvalue weighted by Gasteiger charge is 2.42. The second kappa shape index (κ2) is 2.12. The van der Waals surface area contributed by atoms with E-state index in [0.29, 0.717) is 0 Å². The van der Waals surface area contributed by atoms with E-state index in [9.17, 15) is 0 Å². The van der Waals surface area contributed by atoms with Gasteiger partial charge >= 0.3 is 0 Å². The van der Waals surface area contributed by atoms with Gasteiger partial charge in [-0.05, 0) is 56.3 Å². The third-order valence-corrected chi connectivity index (χ3v) is 4.10. The van der Waals surface area contributed by atoms with Crippen LogP contribution in [0.1, 0.15) is 38.5 Å². The highest BCUT2D eigenvalue weighted by atomic mass is 14.5. The van der Waals surface area contributed by atoms with Crippen molar-refractivity contribution in [3.8, 4) is 0 Å². The van der Waals surface area contributed by atoms with Crippen LogP contribution in [0.2, 0.25) is 0 Å². The van der Waals surface area contributed by atoms with Crippen molar-refractivity contribution < 1.29 is 0 Å². The van der Waals surface area contributed by atoms with E-state index >= 15 is 0 Å². The Morgan fingerprint density at radius 2 is 2.27 bits per heavy atom. The topological polar surface area (TPSA) is 0 Å². The summed E-state index contributed by atoms with van der Waals surface area (Å²) < 4.78 is 0. The van der Waals surface area contributed by atoms with E-state index < -0.39 is 0 Å². The van der Waals surface area contributed by atoms with Crippen LogP contribution in [0.25, 0.3) is 0 Å². The summed E-state index contributed by atoms with van der Waals surface area (Å²) in [4.78, 5) is 0. The summed E-state index contributed by atoms with van der Waals surface area (Å²) >= 11 is 0. The van der Waals surface area contributed by atoms with Crippen LogP contribution < -0.4 is 0 Å². The molecule has 3 unspecified atom stereocenters. The van der Waals surface area contributed by atoms with Gasteiger partial charge in [0, 0.05) is 0 Å². The molecule has 0 amide bonds. The molecule has 60 valence electrons. The third-order valence-electron chi connectivity index (χ3n) is 4.10. The fraction of sp³-hybridized carbons (Fsp3) is 0.818. The van der Waals surface area contributed by atoms with Crippen LogP contribution in [0.5, 0.6) is 0 Å². The Hall–Kier alpha value is -0.260. The first-order valence-electron chi connectivity index (χ1n) is 5.11. The predicted molar refractivity (Wildman–Crippen MR) is 46.3 cm³/mol. The van der Waals surface area contributed by atoms with Gasteiger partial charge in [-0.3, -0.25) is 0 Å². The van der Waals surface area contributed by atoms with E-state index in [1.165, 1.54) is 25.7 Å². The fourth-order valence-electron chi connectivity index (χ4n) is 3.36. The van der Waals surface area contributed by atoms with Crippen LogP contribution in [0, 0.1) is 17.8 Å². The molecule has 0 aromatic carbocycles. The van der Waals surface area contributed by atoms with E-state index in [2.05, 4.69) is 6.08 Å². The molecule has 2 fully saturated rings. The summed E-state index contributed by atoms with van der Waals surface area (Å²) in [6.45, 7) is 0. The van der Waals surface area contributed by atoms with Gasteiger partial charge in [-0.1, -0.05) is 11.6 Å². The van der Waals surface area contributed by atoms with Crippen LogP contribution in [-0.4, -0.2) is 0 Å². The van der Waals surface area contributed by atoms with Crippen molar-refractivity contribution in [2.45, 2.75) is 38.5 Å². The van der Waals surface area contributed by atoms with Gasteiger partial charge in [-0.25, -0.2) is 0 Å². The lowest BCUT2D eigenvalue weighted by molar-refractivity contribution is 0.0661. The summed E-state index contributed by atoms with van der Waals surface area (Å²) in [5.41, 5.74) is 1.80. The summed E-state index contributed by atoms with van der Waals surface area (Å²) in [6.07, 6.45) is 11.5. The van der Waals surface area contributed by atoms with Crippen LogP contribution in [-0.2, 0) is 0 Å². The van der Waals surface area contributed by atoms with Gasteiger partial charge in [0.1, 0.15) is 0 Å². The molecule has 0 heteroatoms. The highest BCUT2D eigenvalue weighted by molar-refractivity contribution is 5.14. The zero-order valence-corrected chi connectivity index (χ0v) is 7.05. The van der Waals surface area contributed by atoms with Crippen LogP contribution in [0.4, 0.5) is 0 Å². The van der Waals surface area contributed by atoms with Crippen molar-refractivity contribution in [1.29, 1.82) is 0 Å². The quantitative estimate of drug-likeness (QED) is 0.463. The average molecular weight is 148 g/mol. The SMILES string of the molecule is C1=C2CCCC3CC(C1)C3C2. The van der Waals surface area contributed by atoms with Crippen LogP contribution >= 0.6 is 0 Å². The van der Waals surface area contributed by atoms with Gasteiger partial charge in [0.15, 0.2) is 0 Å². The number of rotatable bonds is 0. The fourth-order valence-corrected chi connectivity index (χ4v) is 3.36. The second-order valence-corrected chi connectivity index (χ2v) is 4.61. The second-order valence-electron chi connectivity index (χ2n) is 4.61. The Morgan fingerprint density at radius 1 is 1.27 bits per heavy atom. The van der Waals surface area contributed by atoms with Gasteiger partial charge < -0.3 is 0 Å². The van der Waals surface area contributed by atoms with E-state index in [1.807, 2.05) is 0 Å². The lowest BCUT2D eigenvalue weighted by atomic mass is 9.59. The molecule has 3 aliphatic rings. The highest BCUT2D eigenvalue weighted by Crippen LogP contribution is 2.53. The maximum Gasteiger partial charge on any atom is -0.0286 e. The summed E-state index contributed by atoms with van der Waals surface area (Å²) in [5.74, 6) is 3.39. The lowest BCUT2D eigenvalue weighted by Crippen LogP contribution is -2.37. The minimum Gasteiger partial charge on any atom is -0.0850 e. The molecule has 0 saturated heterocycles. The first-order chi connectivity index (χ1) is 5.43. The molecule has 0 heterocycles. The summed E-state index contributed by atoms with van der Waals surface area (Å²) in [5, 5.41) is 0. The maximum atomic E-state index is 2.54. The molecule has 0 radical (unpaired) electrons. The monoisotopic (exact) mass is 148 g/mol. The first-order valence-corrected chi connectivity index (χ1v) is 5.11. The molecule has 0 nitrogen and oxygen atoms in total. The third kappa shape index (κ3) is 0.816. The molecule has 11 heavy (non-hydrogen) atoms. The Kier molecular flexibility index (Phi) is 1.21. The van der Waals surface area contributed by atoms with Crippen LogP contribution in [0.3, 0.4) is 0 Å². The molecule has 0 aromatic heterocycles. The minimum absolute atomic E-state index is 1.11. The van der Waals surface area contributed by atoms with E-state index in [1.54, 1.807) is 18.4 Å². The van der Waals surface area contributed by atoms with E-state index in [0.717, 1.165) is 17.8 Å². The molecule has 0 aliphatic heterocycles. The Balaban J connectivity index is 1.92. The Morgan fingerprint density at radius 3 is 3.27 bits per heavy atom. The van der Waals surface area contributed by atoms with Gasteiger partial charge in [-0.15, -0.1) is 0 Å². The zero-order chi connectivity index (χ0) is 7.26. The Bertz CT molecular complexity index is 200. The standard InChI is InChI=1S/C11H16/c1-2-8-4-5-10-7-9(3-1)11(10)6-8/h4,9-11H,1-3,5-7H2. The van der Waals surface area contributed by atoms with Crippen LogP contribution in [0.15, 0.2) is 11.6 Å². The van der Waals surface area contributed by atoms with Gasteiger partial charge in [-0.2, -0.15) is 0 Å². The largest absolute Gasteiger partial charge is 0.0850 e. The number of fused-ring (bicyclic) bond motifs is 1.